The van der Waals surface area contributed by atoms with Crippen molar-refractivity contribution in [3.8, 4) is 29.6 Å². The lowest BCUT2D eigenvalue weighted by Gasteiger charge is -2.11. The van der Waals surface area contributed by atoms with Gasteiger partial charge in [-0.15, -0.1) is 6.42 Å². The summed E-state index contributed by atoms with van der Waals surface area (Å²) >= 11 is 0. The molecule has 0 aliphatic rings. The van der Waals surface area contributed by atoms with Crippen LogP contribution < -0.4 is 16.0 Å². The molecular weight excluding hydrogens is 240 g/mol. The fourth-order valence-corrected chi connectivity index (χ4v) is 1.49. The van der Waals surface area contributed by atoms with Crippen molar-refractivity contribution >= 4 is 5.82 Å². The fourth-order valence-electron chi connectivity index (χ4n) is 1.49. The SMILES string of the molecule is C#CC(C)Oc1cc(NN)nc(-c2ccccc2)n1. The van der Waals surface area contributed by atoms with Crippen molar-refractivity contribution in [1.82, 2.24) is 9.97 Å². The van der Waals surface area contributed by atoms with Crippen LogP contribution in [-0.2, 0) is 0 Å². The zero-order chi connectivity index (χ0) is 13.7. The first kappa shape index (κ1) is 12.9. The molecule has 19 heavy (non-hydrogen) atoms. The second kappa shape index (κ2) is 5.85. The number of hydrazine groups is 1. The number of rotatable bonds is 4. The van der Waals surface area contributed by atoms with Crippen LogP contribution in [0.5, 0.6) is 5.88 Å². The average Bonchev–Trinajstić information content (AvgIpc) is 2.47. The number of hydrogen-bond acceptors (Lipinski definition) is 5. The lowest BCUT2D eigenvalue weighted by atomic mass is 10.2. The molecule has 0 bridgehead atoms. The Labute approximate surface area is 111 Å². The summed E-state index contributed by atoms with van der Waals surface area (Å²) in [6, 6.07) is 11.2. The quantitative estimate of drug-likeness (QED) is 0.494. The molecule has 2 aromatic rings. The first-order valence-electron chi connectivity index (χ1n) is 5.77. The summed E-state index contributed by atoms with van der Waals surface area (Å²) in [4.78, 5) is 8.59. The van der Waals surface area contributed by atoms with Crippen LogP contribution in [0.4, 0.5) is 5.82 Å². The number of benzene rings is 1. The summed E-state index contributed by atoms with van der Waals surface area (Å²) in [5.74, 6) is 9.24. The van der Waals surface area contributed by atoms with Crippen LogP contribution in [0.1, 0.15) is 6.92 Å². The van der Waals surface area contributed by atoms with Gasteiger partial charge in [-0.2, -0.15) is 4.98 Å². The fraction of sp³-hybridized carbons (Fsp3) is 0.143. The second-order valence-electron chi connectivity index (χ2n) is 3.85. The molecule has 1 heterocycles. The van der Waals surface area contributed by atoms with Crippen LogP contribution >= 0.6 is 0 Å². The molecule has 1 unspecified atom stereocenters. The number of nitrogens with two attached hydrogens (primary N) is 1. The highest BCUT2D eigenvalue weighted by Crippen LogP contribution is 2.21. The molecule has 0 spiro atoms. The minimum absolute atomic E-state index is 0.371. The van der Waals surface area contributed by atoms with Crippen LogP contribution in [0.2, 0.25) is 0 Å². The number of nitrogens with one attached hydrogen (secondary N) is 1. The third kappa shape index (κ3) is 3.21. The Bertz CT molecular complexity index is 592. The maximum absolute atomic E-state index is 5.49. The smallest absolute Gasteiger partial charge is 0.220 e. The van der Waals surface area contributed by atoms with E-state index in [1.54, 1.807) is 13.0 Å². The molecule has 0 saturated heterocycles. The number of terminal acetylenes is 1. The van der Waals surface area contributed by atoms with Crippen LogP contribution in [0, 0.1) is 12.3 Å². The summed E-state index contributed by atoms with van der Waals surface area (Å²) < 4.78 is 5.49. The highest BCUT2D eigenvalue weighted by molar-refractivity contribution is 5.58. The summed E-state index contributed by atoms with van der Waals surface area (Å²) in [6.45, 7) is 1.76. The summed E-state index contributed by atoms with van der Waals surface area (Å²) in [5.41, 5.74) is 3.36. The lowest BCUT2D eigenvalue weighted by molar-refractivity contribution is 0.268. The largest absolute Gasteiger partial charge is 0.461 e. The minimum atomic E-state index is -0.371. The van der Waals surface area contributed by atoms with Crippen molar-refractivity contribution in [3.63, 3.8) is 0 Å². The van der Waals surface area contributed by atoms with Crippen molar-refractivity contribution in [2.45, 2.75) is 13.0 Å². The van der Waals surface area contributed by atoms with Gasteiger partial charge in [-0.3, -0.25) is 0 Å². The molecule has 1 atom stereocenters. The number of aromatic nitrogens is 2. The van der Waals surface area contributed by atoms with Crippen LogP contribution in [0.25, 0.3) is 11.4 Å². The Morgan fingerprint density at radius 1 is 1.32 bits per heavy atom. The molecule has 0 amide bonds. The third-order valence-electron chi connectivity index (χ3n) is 2.41. The van der Waals surface area contributed by atoms with Gasteiger partial charge < -0.3 is 10.2 Å². The molecule has 0 radical (unpaired) electrons. The van der Waals surface area contributed by atoms with Crippen LogP contribution in [0.15, 0.2) is 36.4 Å². The Hall–Kier alpha value is -2.58. The van der Waals surface area contributed by atoms with Gasteiger partial charge >= 0.3 is 0 Å². The molecule has 0 fully saturated rings. The van der Waals surface area contributed by atoms with Crippen molar-refractivity contribution in [1.29, 1.82) is 0 Å². The van der Waals surface area contributed by atoms with Crippen molar-refractivity contribution in [2.24, 2.45) is 5.84 Å². The highest BCUT2D eigenvalue weighted by atomic mass is 16.5. The summed E-state index contributed by atoms with van der Waals surface area (Å²) in [7, 11) is 0. The molecule has 96 valence electrons. The lowest BCUT2D eigenvalue weighted by Crippen LogP contribution is -2.13. The Balaban J connectivity index is 2.39. The summed E-state index contributed by atoms with van der Waals surface area (Å²) in [5, 5.41) is 0. The van der Waals surface area contributed by atoms with E-state index in [0.29, 0.717) is 17.5 Å². The molecule has 3 N–H and O–H groups in total. The maximum Gasteiger partial charge on any atom is 0.220 e. The van der Waals surface area contributed by atoms with Crippen molar-refractivity contribution in [3.05, 3.63) is 36.4 Å². The van der Waals surface area contributed by atoms with E-state index in [4.69, 9.17) is 17.0 Å². The molecule has 2 rings (SSSR count). The van der Waals surface area contributed by atoms with Gasteiger partial charge in [0.15, 0.2) is 11.9 Å². The molecular formula is C14H14N4O. The number of anilines is 1. The first-order chi connectivity index (χ1) is 9.22. The number of hydrogen-bond donors (Lipinski definition) is 2. The number of nitrogens with zero attached hydrogens (tertiary/aromatic N) is 2. The molecule has 0 saturated carbocycles. The Morgan fingerprint density at radius 2 is 2.05 bits per heavy atom. The molecule has 5 nitrogen and oxygen atoms in total. The normalized spacial score (nSPS) is 11.4. The Kier molecular flexibility index (Phi) is 3.96. The monoisotopic (exact) mass is 254 g/mol. The van der Waals surface area contributed by atoms with Gasteiger partial charge in [0, 0.05) is 11.6 Å². The van der Waals surface area contributed by atoms with E-state index in [1.165, 1.54) is 0 Å². The Morgan fingerprint density at radius 3 is 2.68 bits per heavy atom. The predicted molar refractivity (Wildman–Crippen MR) is 74.2 cm³/mol. The number of ether oxygens (including phenoxy) is 1. The van der Waals surface area contributed by atoms with Gasteiger partial charge in [0.25, 0.3) is 0 Å². The minimum Gasteiger partial charge on any atom is -0.461 e. The average molecular weight is 254 g/mol. The van der Waals surface area contributed by atoms with E-state index >= 15 is 0 Å². The standard InChI is InChI=1S/C14H14N4O/c1-3-10(2)19-13-9-12(18-15)16-14(17-13)11-7-5-4-6-8-11/h1,4-10H,15H2,2H3,(H,16,17,18). The van der Waals surface area contributed by atoms with Crippen molar-refractivity contribution < 1.29 is 4.74 Å². The van der Waals surface area contributed by atoms with E-state index in [-0.39, 0.29) is 6.10 Å². The van der Waals surface area contributed by atoms with Gasteiger partial charge in [0.05, 0.1) is 0 Å². The first-order valence-corrected chi connectivity index (χ1v) is 5.77. The molecule has 5 heteroatoms. The molecule has 1 aromatic heterocycles. The zero-order valence-corrected chi connectivity index (χ0v) is 10.5. The zero-order valence-electron chi connectivity index (χ0n) is 10.5. The van der Waals surface area contributed by atoms with Gasteiger partial charge in [-0.25, -0.2) is 10.8 Å². The van der Waals surface area contributed by atoms with E-state index in [9.17, 15) is 0 Å². The molecule has 1 aromatic carbocycles. The summed E-state index contributed by atoms with van der Waals surface area (Å²) in [6.07, 6.45) is 4.91. The van der Waals surface area contributed by atoms with Gasteiger partial charge in [-0.05, 0) is 6.92 Å². The third-order valence-corrected chi connectivity index (χ3v) is 2.41. The van der Waals surface area contributed by atoms with E-state index < -0.39 is 0 Å². The van der Waals surface area contributed by atoms with E-state index in [2.05, 4.69) is 21.3 Å². The van der Waals surface area contributed by atoms with Gasteiger partial charge in [0.1, 0.15) is 5.82 Å². The predicted octanol–water partition coefficient (Wildman–Crippen LogP) is 1.83. The van der Waals surface area contributed by atoms with Crippen molar-refractivity contribution in [2.75, 3.05) is 5.43 Å². The topological polar surface area (TPSA) is 73.1 Å². The van der Waals surface area contributed by atoms with Gasteiger partial charge in [0.2, 0.25) is 5.88 Å². The number of nitrogen functional groups attached to an aromatic ring is 1. The highest BCUT2D eigenvalue weighted by Gasteiger charge is 2.08. The second-order valence-corrected chi connectivity index (χ2v) is 3.85. The van der Waals surface area contributed by atoms with E-state index in [0.717, 1.165) is 5.56 Å². The van der Waals surface area contributed by atoms with Gasteiger partial charge in [-0.1, -0.05) is 36.3 Å². The van der Waals surface area contributed by atoms with E-state index in [1.807, 2.05) is 30.3 Å². The molecule has 0 aliphatic carbocycles. The van der Waals surface area contributed by atoms with Crippen LogP contribution in [-0.4, -0.2) is 16.1 Å². The molecule has 0 aliphatic heterocycles. The maximum atomic E-state index is 5.49. The van der Waals surface area contributed by atoms with Crippen LogP contribution in [0.3, 0.4) is 0 Å².